The monoisotopic (exact) mass is 355 g/mol. The molecule has 0 fully saturated rings. The number of nitrogens with zero attached hydrogens (tertiary/aromatic N) is 2. The van der Waals surface area contributed by atoms with Gasteiger partial charge >= 0.3 is 0 Å². The van der Waals surface area contributed by atoms with Crippen LogP contribution < -0.4 is 5.32 Å². The molecular weight excluding hydrogens is 341 g/mol. The molecule has 25 heavy (non-hydrogen) atoms. The van der Waals surface area contributed by atoms with E-state index in [1.54, 1.807) is 18.3 Å². The Bertz CT molecular complexity index is 1040. The molecule has 4 aromatic rings. The summed E-state index contributed by atoms with van der Waals surface area (Å²) in [6.07, 6.45) is 1.75. The maximum atomic E-state index is 13.1. The lowest BCUT2D eigenvalue weighted by molar-refractivity contribution is 0.628. The number of halogens is 2. The molecule has 0 radical (unpaired) electrons. The number of rotatable bonds is 4. The highest BCUT2D eigenvalue weighted by Gasteiger charge is 2.09. The lowest BCUT2D eigenvalue weighted by Crippen LogP contribution is -2.00. The molecule has 3 aromatic heterocycles. The molecule has 0 aliphatic carbocycles. The van der Waals surface area contributed by atoms with Gasteiger partial charge in [-0.1, -0.05) is 11.6 Å². The van der Waals surface area contributed by atoms with Gasteiger partial charge < -0.3 is 10.3 Å². The third-order valence-electron chi connectivity index (χ3n) is 4.03. The van der Waals surface area contributed by atoms with E-state index in [0.717, 1.165) is 39.4 Å². The van der Waals surface area contributed by atoms with Crippen molar-refractivity contribution < 1.29 is 4.39 Å². The molecule has 0 amide bonds. The van der Waals surface area contributed by atoms with Gasteiger partial charge in [0.15, 0.2) is 0 Å². The van der Waals surface area contributed by atoms with E-state index in [9.17, 15) is 4.39 Å². The van der Waals surface area contributed by atoms with Crippen LogP contribution in [-0.2, 0) is 6.54 Å². The van der Waals surface area contributed by atoms with Crippen molar-refractivity contribution in [3.05, 3.63) is 64.8 Å². The fourth-order valence-corrected chi connectivity index (χ4v) is 2.82. The minimum Gasteiger partial charge on any atom is -0.378 e. The number of anilines is 1. The van der Waals surface area contributed by atoms with Crippen molar-refractivity contribution in [1.29, 1.82) is 0 Å². The fraction of sp³-hybridized carbons (Fsp3) is 0.111. The van der Waals surface area contributed by atoms with Crippen molar-refractivity contribution >= 4 is 28.3 Å². The summed E-state index contributed by atoms with van der Waals surface area (Å²) in [5, 5.41) is 11.9. The van der Waals surface area contributed by atoms with Crippen molar-refractivity contribution in [3.63, 3.8) is 0 Å². The van der Waals surface area contributed by atoms with Crippen molar-refractivity contribution in [3.8, 4) is 11.3 Å². The summed E-state index contributed by atoms with van der Waals surface area (Å²) in [5.74, 6) is -0.253. The number of nitrogens with one attached hydrogen (secondary N) is 3. The second kappa shape index (κ2) is 6.22. The largest absolute Gasteiger partial charge is 0.378 e. The molecule has 0 saturated heterocycles. The van der Waals surface area contributed by atoms with E-state index in [-0.39, 0.29) is 5.82 Å². The minimum absolute atomic E-state index is 0.253. The van der Waals surface area contributed by atoms with Crippen LogP contribution in [0.15, 0.2) is 42.6 Å². The molecule has 3 N–H and O–H groups in total. The van der Waals surface area contributed by atoms with E-state index in [1.807, 2.05) is 19.1 Å². The molecule has 3 heterocycles. The quantitative estimate of drug-likeness (QED) is 0.498. The van der Waals surface area contributed by atoms with Gasteiger partial charge in [0.05, 0.1) is 29.1 Å². The summed E-state index contributed by atoms with van der Waals surface area (Å²) in [4.78, 5) is 7.68. The molecule has 1 aromatic carbocycles. The number of H-pyrrole nitrogens is 2. The molecule has 0 atom stereocenters. The van der Waals surface area contributed by atoms with Crippen molar-refractivity contribution in [1.82, 2.24) is 20.2 Å². The maximum Gasteiger partial charge on any atom is 0.137 e. The first-order valence-corrected chi connectivity index (χ1v) is 8.16. The van der Waals surface area contributed by atoms with E-state index in [1.165, 1.54) is 12.1 Å². The summed E-state index contributed by atoms with van der Waals surface area (Å²) in [7, 11) is 0. The summed E-state index contributed by atoms with van der Waals surface area (Å²) < 4.78 is 13.1. The van der Waals surface area contributed by atoms with Crippen LogP contribution in [-0.4, -0.2) is 20.2 Å². The number of fused-ring (bicyclic) bond motifs is 1. The smallest absolute Gasteiger partial charge is 0.137 e. The van der Waals surface area contributed by atoms with E-state index >= 15 is 0 Å². The Labute approximate surface area is 148 Å². The first kappa shape index (κ1) is 15.7. The van der Waals surface area contributed by atoms with Crippen LogP contribution in [0.1, 0.15) is 11.4 Å². The van der Waals surface area contributed by atoms with E-state index in [4.69, 9.17) is 11.6 Å². The Morgan fingerprint density at radius 1 is 1.20 bits per heavy atom. The molecule has 0 unspecified atom stereocenters. The highest BCUT2D eigenvalue weighted by Crippen LogP contribution is 2.25. The standard InChI is InChI=1S/C18H15ClFN5/c1-10-17(19)16(25-24-10)9-21-14-6-12-7-15(23-18(12)22-8-14)11-2-4-13(20)5-3-11/h2-8,21H,9H2,1H3,(H,22,23)(H,24,25). The summed E-state index contributed by atoms with van der Waals surface area (Å²) in [6.45, 7) is 2.38. The molecule has 126 valence electrons. The number of pyridine rings is 1. The zero-order valence-electron chi connectivity index (χ0n) is 13.4. The molecule has 7 heteroatoms. The molecule has 0 aliphatic rings. The highest BCUT2D eigenvalue weighted by molar-refractivity contribution is 6.31. The van der Waals surface area contributed by atoms with Crippen LogP contribution in [0.5, 0.6) is 0 Å². The van der Waals surface area contributed by atoms with E-state index < -0.39 is 0 Å². The third-order valence-corrected chi connectivity index (χ3v) is 4.53. The van der Waals surface area contributed by atoms with Gasteiger partial charge in [-0.2, -0.15) is 5.10 Å². The molecule has 4 rings (SSSR count). The van der Waals surface area contributed by atoms with E-state index in [2.05, 4.69) is 25.5 Å². The molecule has 0 bridgehead atoms. The van der Waals surface area contributed by atoms with Gasteiger partial charge in [0, 0.05) is 11.1 Å². The maximum absolute atomic E-state index is 13.1. The van der Waals surface area contributed by atoms with Gasteiger partial charge in [-0.25, -0.2) is 9.37 Å². The molecular formula is C18H15ClFN5. The number of hydrogen-bond donors (Lipinski definition) is 3. The van der Waals surface area contributed by atoms with Crippen LogP contribution in [0.4, 0.5) is 10.1 Å². The topological polar surface area (TPSA) is 69.4 Å². The summed E-state index contributed by atoms with van der Waals surface area (Å²) >= 11 is 6.17. The number of aromatic amines is 2. The minimum atomic E-state index is -0.253. The Balaban J connectivity index is 1.57. The van der Waals surface area contributed by atoms with Crippen LogP contribution in [0.3, 0.4) is 0 Å². The highest BCUT2D eigenvalue weighted by atomic mass is 35.5. The van der Waals surface area contributed by atoms with Crippen LogP contribution in [0.2, 0.25) is 5.02 Å². The Hall–Kier alpha value is -2.86. The average molecular weight is 356 g/mol. The van der Waals surface area contributed by atoms with Gasteiger partial charge in [0.1, 0.15) is 17.2 Å². The first-order valence-electron chi connectivity index (χ1n) is 7.78. The second-order valence-corrected chi connectivity index (χ2v) is 6.19. The van der Waals surface area contributed by atoms with Crippen LogP contribution in [0.25, 0.3) is 22.3 Å². The predicted molar refractivity (Wildman–Crippen MR) is 97.1 cm³/mol. The van der Waals surface area contributed by atoms with Crippen molar-refractivity contribution in [2.45, 2.75) is 13.5 Å². The second-order valence-electron chi connectivity index (χ2n) is 5.81. The van der Waals surface area contributed by atoms with Gasteiger partial charge in [-0.3, -0.25) is 5.10 Å². The van der Waals surface area contributed by atoms with Gasteiger partial charge in [0.25, 0.3) is 0 Å². The van der Waals surface area contributed by atoms with Gasteiger partial charge in [0.2, 0.25) is 0 Å². The van der Waals surface area contributed by atoms with E-state index in [0.29, 0.717) is 11.6 Å². The lowest BCUT2D eigenvalue weighted by atomic mass is 10.1. The molecule has 0 saturated carbocycles. The Morgan fingerprint density at radius 3 is 2.72 bits per heavy atom. The zero-order chi connectivity index (χ0) is 17.4. The first-order chi connectivity index (χ1) is 12.1. The van der Waals surface area contributed by atoms with Crippen molar-refractivity contribution in [2.75, 3.05) is 5.32 Å². The third kappa shape index (κ3) is 3.08. The number of hydrogen-bond acceptors (Lipinski definition) is 3. The van der Waals surface area contributed by atoms with Gasteiger partial charge in [-0.05, 0) is 48.9 Å². The number of aromatic nitrogens is 4. The zero-order valence-corrected chi connectivity index (χ0v) is 14.2. The average Bonchev–Trinajstić information content (AvgIpc) is 3.17. The molecule has 5 nitrogen and oxygen atoms in total. The molecule has 0 spiro atoms. The molecule has 0 aliphatic heterocycles. The lowest BCUT2D eigenvalue weighted by Gasteiger charge is -2.04. The number of aryl methyl sites for hydroxylation is 1. The van der Waals surface area contributed by atoms with Crippen molar-refractivity contribution in [2.24, 2.45) is 0 Å². The van der Waals surface area contributed by atoms with Crippen LogP contribution in [0, 0.1) is 12.7 Å². The van der Waals surface area contributed by atoms with Gasteiger partial charge in [-0.15, -0.1) is 0 Å². The SMILES string of the molecule is Cc1[nH]nc(CNc2cnc3[nH]c(-c4ccc(F)cc4)cc3c2)c1Cl. The summed E-state index contributed by atoms with van der Waals surface area (Å²) in [5.41, 5.74) is 5.06. The predicted octanol–water partition coefficient (Wildman–Crippen LogP) is 4.67. The Morgan fingerprint density at radius 2 is 2.00 bits per heavy atom. The number of benzene rings is 1. The van der Waals surface area contributed by atoms with Crippen LogP contribution >= 0.6 is 11.6 Å². The normalized spacial score (nSPS) is 11.2. The fourth-order valence-electron chi connectivity index (χ4n) is 2.67. The summed E-state index contributed by atoms with van der Waals surface area (Å²) in [6, 6.07) is 10.3. The Kier molecular flexibility index (Phi) is 3.89.